The minimum atomic E-state index is 0.806. The highest BCUT2D eigenvalue weighted by molar-refractivity contribution is 7.99. The molecule has 2 rings (SSSR count). The van der Waals surface area contributed by atoms with Gasteiger partial charge in [-0.15, -0.1) is 0 Å². The maximum absolute atomic E-state index is 5.96. The Morgan fingerprint density at radius 1 is 1.20 bits per heavy atom. The van der Waals surface area contributed by atoms with Crippen LogP contribution < -0.4 is 0 Å². The zero-order valence-corrected chi connectivity index (χ0v) is 9.85. The van der Waals surface area contributed by atoms with E-state index in [2.05, 4.69) is 11.1 Å². The fourth-order valence-electron chi connectivity index (χ4n) is 1.21. The molecule has 0 bridgehead atoms. The summed E-state index contributed by atoms with van der Waals surface area (Å²) in [5, 5.41) is 1.81. The molecule has 0 unspecified atom stereocenters. The summed E-state index contributed by atoms with van der Waals surface area (Å²) in [6.07, 6.45) is 1.80. The first-order valence-electron chi connectivity index (χ1n) is 4.61. The molecule has 0 amide bonds. The summed E-state index contributed by atoms with van der Waals surface area (Å²) in [4.78, 5) is 5.42. The third-order valence-corrected chi connectivity index (χ3v) is 3.35. The summed E-state index contributed by atoms with van der Waals surface area (Å²) >= 11 is 7.60. The molecule has 0 aliphatic rings. The van der Waals surface area contributed by atoms with Gasteiger partial charge in [0.2, 0.25) is 0 Å². The van der Waals surface area contributed by atoms with Gasteiger partial charge in [0, 0.05) is 16.1 Å². The van der Waals surface area contributed by atoms with Crippen molar-refractivity contribution >= 4 is 23.4 Å². The summed E-state index contributed by atoms with van der Waals surface area (Å²) in [7, 11) is 0. The molecule has 15 heavy (non-hydrogen) atoms. The first kappa shape index (κ1) is 10.5. The van der Waals surface area contributed by atoms with Crippen molar-refractivity contribution in [2.24, 2.45) is 0 Å². The van der Waals surface area contributed by atoms with Gasteiger partial charge >= 0.3 is 0 Å². The van der Waals surface area contributed by atoms with E-state index in [9.17, 15) is 0 Å². The van der Waals surface area contributed by atoms with Gasteiger partial charge in [-0.2, -0.15) is 0 Å². The van der Waals surface area contributed by atoms with Crippen molar-refractivity contribution in [3.8, 4) is 0 Å². The fourth-order valence-corrected chi connectivity index (χ4v) is 2.20. The maximum Gasteiger partial charge on any atom is 0.101 e. The van der Waals surface area contributed by atoms with Crippen LogP contribution in [0.5, 0.6) is 0 Å². The van der Waals surface area contributed by atoms with Crippen molar-refractivity contribution in [1.29, 1.82) is 0 Å². The van der Waals surface area contributed by atoms with Crippen LogP contribution in [0.15, 0.2) is 52.5 Å². The number of hydrogen-bond acceptors (Lipinski definition) is 2. The minimum Gasteiger partial charge on any atom is -0.250 e. The zero-order valence-electron chi connectivity index (χ0n) is 8.27. The fraction of sp³-hybridized carbons (Fsp3) is 0.0833. The Bertz CT molecular complexity index is 456. The van der Waals surface area contributed by atoms with E-state index in [0.29, 0.717) is 0 Å². The van der Waals surface area contributed by atoms with Crippen molar-refractivity contribution < 1.29 is 0 Å². The highest BCUT2D eigenvalue weighted by Gasteiger charge is 2.00. The number of hydrogen-bond donors (Lipinski definition) is 0. The van der Waals surface area contributed by atoms with Crippen LogP contribution in [0.4, 0.5) is 0 Å². The van der Waals surface area contributed by atoms with Gasteiger partial charge in [0.1, 0.15) is 5.03 Å². The average Bonchev–Trinajstić information content (AvgIpc) is 2.25. The third kappa shape index (κ3) is 2.74. The number of benzene rings is 1. The number of rotatable bonds is 2. The maximum atomic E-state index is 5.96. The van der Waals surface area contributed by atoms with Crippen molar-refractivity contribution in [2.45, 2.75) is 16.8 Å². The van der Waals surface area contributed by atoms with Gasteiger partial charge in [0.15, 0.2) is 0 Å². The molecule has 3 heteroatoms. The predicted molar refractivity (Wildman–Crippen MR) is 64.5 cm³/mol. The van der Waals surface area contributed by atoms with Gasteiger partial charge in [-0.1, -0.05) is 29.4 Å². The topological polar surface area (TPSA) is 12.9 Å². The second-order valence-electron chi connectivity index (χ2n) is 3.18. The highest BCUT2D eigenvalue weighted by Crippen LogP contribution is 2.28. The SMILES string of the molecule is Cc1cc(Sc2ccccn2)ccc1Cl. The molecule has 0 saturated carbocycles. The molecule has 0 aliphatic heterocycles. The zero-order chi connectivity index (χ0) is 10.7. The van der Waals surface area contributed by atoms with Crippen LogP contribution in [-0.2, 0) is 0 Å². The summed E-state index contributed by atoms with van der Waals surface area (Å²) in [5.74, 6) is 0. The first-order valence-corrected chi connectivity index (χ1v) is 5.80. The summed E-state index contributed by atoms with van der Waals surface area (Å²) in [6, 6.07) is 11.9. The molecule has 0 atom stereocenters. The quantitative estimate of drug-likeness (QED) is 0.774. The lowest BCUT2D eigenvalue weighted by Gasteiger charge is -2.02. The molecule has 76 valence electrons. The summed E-state index contributed by atoms with van der Waals surface area (Å²) < 4.78 is 0. The molecule has 0 radical (unpaired) electrons. The van der Waals surface area contributed by atoms with Crippen LogP contribution in [0.3, 0.4) is 0 Å². The molecular weight excluding hydrogens is 226 g/mol. The average molecular weight is 236 g/mol. The Labute approximate surface area is 98.5 Å². The molecule has 1 heterocycles. The third-order valence-electron chi connectivity index (χ3n) is 1.99. The van der Waals surface area contributed by atoms with Gasteiger partial charge in [-0.3, -0.25) is 0 Å². The number of aryl methyl sites for hydroxylation is 1. The minimum absolute atomic E-state index is 0.806. The Kier molecular flexibility index (Phi) is 3.29. The second-order valence-corrected chi connectivity index (χ2v) is 4.68. The lowest BCUT2D eigenvalue weighted by atomic mass is 10.2. The Morgan fingerprint density at radius 3 is 2.73 bits per heavy atom. The molecule has 1 aromatic carbocycles. The molecular formula is C12H10ClNS. The van der Waals surface area contributed by atoms with Crippen LogP contribution in [0.1, 0.15) is 5.56 Å². The Morgan fingerprint density at radius 2 is 2.07 bits per heavy atom. The van der Waals surface area contributed by atoms with E-state index in [1.165, 1.54) is 0 Å². The van der Waals surface area contributed by atoms with E-state index in [-0.39, 0.29) is 0 Å². The number of halogens is 1. The molecule has 0 spiro atoms. The summed E-state index contributed by atoms with van der Waals surface area (Å²) in [6.45, 7) is 2.00. The van der Waals surface area contributed by atoms with Gasteiger partial charge in [-0.05, 0) is 42.8 Å². The smallest absolute Gasteiger partial charge is 0.101 e. The van der Waals surface area contributed by atoms with E-state index in [1.807, 2.05) is 37.3 Å². The summed E-state index contributed by atoms with van der Waals surface area (Å²) in [5.41, 5.74) is 1.09. The first-order chi connectivity index (χ1) is 7.25. The van der Waals surface area contributed by atoms with Crippen LogP contribution in [-0.4, -0.2) is 4.98 Å². The van der Waals surface area contributed by atoms with Gasteiger partial charge in [0.05, 0.1) is 0 Å². The van der Waals surface area contributed by atoms with Crippen molar-refractivity contribution in [3.05, 3.63) is 53.2 Å². The standard InChI is InChI=1S/C12H10ClNS/c1-9-8-10(5-6-11(9)13)15-12-4-2-3-7-14-12/h2-8H,1H3. The van der Waals surface area contributed by atoms with E-state index in [1.54, 1.807) is 18.0 Å². The molecule has 2 aromatic rings. The molecule has 1 nitrogen and oxygen atoms in total. The second kappa shape index (κ2) is 4.69. The lowest BCUT2D eigenvalue weighted by molar-refractivity contribution is 1.13. The largest absolute Gasteiger partial charge is 0.250 e. The molecule has 1 aromatic heterocycles. The highest BCUT2D eigenvalue weighted by atomic mass is 35.5. The lowest BCUT2D eigenvalue weighted by Crippen LogP contribution is -1.80. The van der Waals surface area contributed by atoms with E-state index in [4.69, 9.17) is 11.6 Å². The molecule has 0 fully saturated rings. The van der Waals surface area contributed by atoms with Crippen LogP contribution >= 0.6 is 23.4 Å². The molecule has 0 saturated heterocycles. The van der Waals surface area contributed by atoms with Gasteiger partial charge in [-0.25, -0.2) is 4.98 Å². The van der Waals surface area contributed by atoms with Crippen LogP contribution in [0.2, 0.25) is 5.02 Å². The molecule has 0 N–H and O–H groups in total. The van der Waals surface area contributed by atoms with Crippen LogP contribution in [0, 0.1) is 6.92 Å². The van der Waals surface area contributed by atoms with E-state index >= 15 is 0 Å². The number of pyridine rings is 1. The Balaban J connectivity index is 2.22. The number of nitrogens with zero attached hydrogens (tertiary/aromatic N) is 1. The van der Waals surface area contributed by atoms with E-state index in [0.717, 1.165) is 20.5 Å². The van der Waals surface area contributed by atoms with Crippen molar-refractivity contribution in [3.63, 3.8) is 0 Å². The van der Waals surface area contributed by atoms with Gasteiger partial charge < -0.3 is 0 Å². The van der Waals surface area contributed by atoms with Crippen molar-refractivity contribution in [2.75, 3.05) is 0 Å². The van der Waals surface area contributed by atoms with Crippen LogP contribution in [0.25, 0.3) is 0 Å². The van der Waals surface area contributed by atoms with Crippen molar-refractivity contribution in [1.82, 2.24) is 4.98 Å². The normalized spacial score (nSPS) is 10.3. The van der Waals surface area contributed by atoms with E-state index < -0.39 is 0 Å². The monoisotopic (exact) mass is 235 g/mol. The molecule has 0 aliphatic carbocycles. The van der Waals surface area contributed by atoms with Gasteiger partial charge in [0.25, 0.3) is 0 Å². The Hall–Kier alpha value is -0.990. The number of aromatic nitrogens is 1. The predicted octanol–water partition coefficient (Wildman–Crippen LogP) is 4.19.